The van der Waals surface area contributed by atoms with Crippen LogP contribution in [-0.2, 0) is 6.54 Å². The van der Waals surface area contributed by atoms with Gasteiger partial charge in [-0.15, -0.1) is 12.4 Å². The third-order valence-corrected chi connectivity index (χ3v) is 3.93. The molecule has 0 aromatic heterocycles. The molecule has 21 heavy (non-hydrogen) atoms. The van der Waals surface area contributed by atoms with Crippen molar-refractivity contribution in [3.05, 3.63) is 17.7 Å². The Balaban J connectivity index is 0.00000220. The molecule has 1 aromatic carbocycles. The van der Waals surface area contributed by atoms with E-state index in [1.807, 2.05) is 12.1 Å². The Hall–Kier alpha value is -1.17. The molecule has 0 amide bonds. The Labute approximate surface area is 132 Å². The molecular formula is C15H25ClN2O3. The van der Waals surface area contributed by atoms with E-state index in [2.05, 4.69) is 11.8 Å². The summed E-state index contributed by atoms with van der Waals surface area (Å²) in [4.78, 5) is 2.35. The van der Waals surface area contributed by atoms with Gasteiger partial charge in [0.05, 0.1) is 21.3 Å². The summed E-state index contributed by atoms with van der Waals surface area (Å²) in [5, 5.41) is 0. The number of hydrogen-bond donors (Lipinski definition) is 1. The smallest absolute Gasteiger partial charge is 0.164 e. The van der Waals surface area contributed by atoms with E-state index in [9.17, 15) is 0 Å². The van der Waals surface area contributed by atoms with Crippen molar-refractivity contribution in [2.45, 2.75) is 19.5 Å². The first-order valence-corrected chi connectivity index (χ1v) is 6.85. The lowest BCUT2D eigenvalue weighted by Crippen LogP contribution is -2.28. The molecule has 1 fully saturated rings. The number of likely N-dealkylation sites (tertiary alicyclic amines) is 1. The first kappa shape index (κ1) is 17.9. The van der Waals surface area contributed by atoms with Crippen molar-refractivity contribution in [3.8, 4) is 17.2 Å². The van der Waals surface area contributed by atoms with E-state index in [1.54, 1.807) is 21.3 Å². The van der Waals surface area contributed by atoms with Crippen molar-refractivity contribution in [2.24, 2.45) is 11.7 Å². The highest BCUT2D eigenvalue weighted by atomic mass is 35.5. The summed E-state index contributed by atoms with van der Waals surface area (Å²) >= 11 is 0. The Morgan fingerprint density at radius 2 is 1.62 bits per heavy atom. The zero-order chi connectivity index (χ0) is 14.7. The number of hydrogen-bond acceptors (Lipinski definition) is 5. The van der Waals surface area contributed by atoms with E-state index in [-0.39, 0.29) is 18.4 Å². The minimum Gasteiger partial charge on any atom is -0.496 e. The summed E-state index contributed by atoms with van der Waals surface area (Å²) in [6.07, 6.45) is 0. The van der Waals surface area contributed by atoms with E-state index in [4.69, 9.17) is 19.9 Å². The van der Waals surface area contributed by atoms with Gasteiger partial charge in [0.25, 0.3) is 0 Å². The molecule has 0 saturated carbocycles. The Morgan fingerprint density at radius 1 is 1.05 bits per heavy atom. The molecule has 0 bridgehead atoms. The summed E-state index contributed by atoms with van der Waals surface area (Å²) < 4.78 is 16.1. The average Bonchev–Trinajstić information content (AvgIpc) is 2.76. The fourth-order valence-electron chi connectivity index (χ4n) is 2.68. The van der Waals surface area contributed by atoms with Crippen LogP contribution in [0, 0.1) is 5.92 Å². The summed E-state index contributed by atoms with van der Waals surface area (Å²) in [6.45, 7) is 4.93. The van der Waals surface area contributed by atoms with Crippen molar-refractivity contribution in [3.63, 3.8) is 0 Å². The third-order valence-electron chi connectivity index (χ3n) is 3.93. The maximum atomic E-state index is 6.08. The van der Waals surface area contributed by atoms with Crippen molar-refractivity contribution >= 4 is 12.4 Å². The number of rotatable bonds is 5. The molecule has 1 aromatic rings. The number of benzene rings is 1. The quantitative estimate of drug-likeness (QED) is 0.899. The van der Waals surface area contributed by atoms with Gasteiger partial charge in [-0.25, -0.2) is 0 Å². The number of nitrogens with two attached hydrogens (primary N) is 1. The minimum atomic E-state index is 0. The molecule has 1 heterocycles. The largest absolute Gasteiger partial charge is 0.496 e. The molecule has 5 nitrogen and oxygen atoms in total. The zero-order valence-corrected chi connectivity index (χ0v) is 13.9. The number of nitrogens with zero attached hydrogens (tertiary/aromatic N) is 1. The van der Waals surface area contributed by atoms with Gasteiger partial charge in [-0.2, -0.15) is 0 Å². The second-order valence-electron chi connectivity index (χ2n) is 5.35. The van der Waals surface area contributed by atoms with Gasteiger partial charge >= 0.3 is 0 Å². The molecule has 0 aliphatic carbocycles. The molecule has 6 heteroatoms. The van der Waals surface area contributed by atoms with Gasteiger partial charge in [-0.1, -0.05) is 6.92 Å². The van der Waals surface area contributed by atoms with Crippen LogP contribution in [0.3, 0.4) is 0 Å². The van der Waals surface area contributed by atoms with E-state index in [1.165, 1.54) is 0 Å². The predicted octanol–water partition coefficient (Wildman–Crippen LogP) is 1.91. The average molecular weight is 317 g/mol. The first-order chi connectivity index (χ1) is 9.58. The van der Waals surface area contributed by atoms with E-state index in [0.717, 1.165) is 36.7 Å². The van der Waals surface area contributed by atoms with Gasteiger partial charge < -0.3 is 19.9 Å². The molecule has 1 aliphatic heterocycles. The van der Waals surface area contributed by atoms with Gasteiger partial charge in [0.1, 0.15) is 5.75 Å². The lowest BCUT2D eigenvalue weighted by atomic mass is 10.1. The fourth-order valence-corrected chi connectivity index (χ4v) is 2.68. The van der Waals surface area contributed by atoms with Crippen molar-refractivity contribution in [2.75, 3.05) is 34.4 Å². The summed E-state index contributed by atoms with van der Waals surface area (Å²) in [7, 11) is 4.93. The highest BCUT2D eigenvalue weighted by molar-refractivity contribution is 5.85. The molecule has 120 valence electrons. The van der Waals surface area contributed by atoms with E-state index in [0.29, 0.717) is 11.7 Å². The summed E-state index contributed by atoms with van der Waals surface area (Å²) in [5.74, 6) is 2.75. The topological polar surface area (TPSA) is 57.0 Å². The Kier molecular flexibility index (Phi) is 6.58. The highest BCUT2D eigenvalue weighted by Gasteiger charge is 2.27. The number of ether oxygens (including phenoxy) is 3. The third kappa shape index (κ3) is 3.93. The van der Waals surface area contributed by atoms with E-state index >= 15 is 0 Å². The highest BCUT2D eigenvalue weighted by Crippen LogP contribution is 2.35. The molecular weight excluding hydrogens is 292 g/mol. The molecule has 0 spiro atoms. The Morgan fingerprint density at radius 3 is 2.10 bits per heavy atom. The molecule has 2 atom stereocenters. The summed E-state index contributed by atoms with van der Waals surface area (Å²) in [5.41, 5.74) is 7.17. The maximum absolute atomic E-state index is 6.08. The fraction of sp³-hybridized carbons (Fsp3) is 0.600. The maximum Gasteiger partial charge on any atom is 0.164 e. The second kappa shape index (κ2) is 7.73. The molecule has 2 rings (SSSR count). The molecule has 1 saturated heterocycles. The van der Waals surface area contributed by atoms with Gasteiger partial charge in [0.2, 0.25) is 0 Å². The number of methoxy groups -OCH3 is 3. The van der Waals surface area contributed by atoms with Crippen LogP contribution in [-0.4, -0.2) is 45.4 Å². The standard InChI is InChI=1S/C15H24N2O3.ClH/c1-10-7-17(9-12(10)16)8-11-5-14(19-3)15(20-4)6-13(11)18-2;/h5-6,10,12H,7-9,16H2,1-4H3;1H. The van der Waals surface area contributed by atoms with Crippen LogP contribution in [0.4, 0.5) is 0 Å². The normalized spacial score (nSPS) is 21.8. The molecule has 1 aliphatic rings. The van der Waals surface area contributed by atoms with Crippen LogP contribution in [0.15, 0.2) is 12.1 Å². The monoisotopic (exact) mass is 316 g/mol. The number of halogens is 1. The van der Waals surface area contributed by atoms with Gasteiger partial charge in [-0.05, 0) is 12.0 Å². The van der Waals surface area contributed by atoms with Crippen LogP contribution < -0.4 is 19.9 Å². The van der Waals surface area contributed by atoms with Crippen LogP contribution in [0.1, 0.15) is 12.5 Å². The summed E-state index contributed by atoms with van der Waals surface area (Å²) in [6, 6.07) is 4.10. The predicted molar refractivity (Wildman–Crippen MR) is 85.8 cm³/mol. The molecule has 0 radical (unpaired) electrons. The van der Waals surface area contributed by atoms with Crippen molar-refractivity contribution in [1.82, 2.24) is 4.90 Å². The van der Waals surface area contributed by atoms with Crippen molar-refractivity contribution < 1.29 is 14.2 Å². The van der Waals surface area contributed by atoms with Crippen LogP contribution in [0.2, 0.25) is 0 Å². The molecule has 2 N–H and O–H groups in total. The van der Waals surface area contributed by atoms with Gasteiger partial charge in [0, 0.05) is 37.3 Å². The van der Waals surface area contributed by atoms with Crippen LogP contribution >= 0.6 is 12.4 Å². The lowest BCUT2D eigenvalue weighted by Gasteiger charge is -2.19. The van der Waals surface area contributed by atoms with E-state index < -0.39 is 0 Å². The Bertz CT molecular complexity index is 460. The van der Waals surface area contributed by atoms with Crippen LogP contribution in [0.5, 0.6) is 17.2 Å². The second-order valence-corrected chi connectivity index (χ2v) is 5.35. The van der Waals surface area contributed by atoms with Crippen molar-refractivity contribution in [1.29, 1.82) is 0 Å². The first-order valence-electron chi connectivity index (χ1n) is 6.85. The van der Waals surface area contributed by atoms with Gasteiger partial charge in [0.15, 0.2) is 11.5 Å². The SMILES string of the molecule is COc1cc(OC)c(OC)cc1CN1CC(C)C(N)C1.Cl. The van der Waals surface area contributed by atoms with Gasteiger partial charge in [-0.3, -0.25) is 4.90 Å². The molecule has 2 unspecified atom stereocenters. The lowest BCUT2D eigenvalue weighted by molar-refractivity contribution is 0.305. The van der Waals surface area contributed by atoms with Crippen LogP contribution in [0.25, 0.3) is 0 Å². The zero-order valence-electron chi connectivity index (χ0n) is 13.1. The minimum absolute atomic E-state index is 0.